The molecule has 0 fully saturated rings. The molecule has 1 amide bonds. The first-order valence-electron chi connectivity index (χ1n) is 12.4. The van der Waals surface area contributed by atoms with Crippen molar-refractivity contribution in [1.82, 2.24) is 5.32 Å². The van der Waals surface area contributed by atoms with Crippen LogP contribution in [0, 0.1) is 0 Å². The van der Waals surface area contributed by atoms with Crippen molar-refractivity contribution in [1.29, 1.82) is 0 Å². The van der Waals surface area contributed by atoms with Crippen LogP contribution in [-0.2, 0) is 4.79 Å². The van der Waals surface area contributed by atoms with Crippen LogP contribution in [0.15, 0.2) is 30.3 Å². The van der Waals surface area contributed by atoms with Gasteiger partial charge in [0.05, 0.1) is 18.8 Å². The van der Waals surface area contributed by atoms with E-state index in [0.717, 1.165) is 19.3 Å². The van der Waals surface area contributed by atoms with E-state index in [1.807, 2.05) is 6.07 Å². The summed E-state index contributed by atoms with van der Waals surface area (Å²) in [7, 11) is 0. The molecule has 0 aliphatic heterocycles. The molecule has 178 valence electrons. The van der Waals surface area contributed by atoms with Crippen molar-refractivity contribution in [2.45, 2.75) is 115 Å². The number of unbranched alkanes of at least 4 members (excludes halogenated alkanes) is 12. The molecule has 0 aliphatic carbocycles. The Balaban J connectivity index is 2.08. The fourth-order valence-corrected chi connectivity index (χ4v) is 3.88. The molecule has 0 aliphatic rings. The maximum Gasteiger partial charge on any atom is 0.253 e. The Kier molecular flexibility index (Phi) is 16.2. The second-order valence-electron chi connectivity index (χ2n) is 8.71. The van der Waals surface area contributed by atoms with Crippen molar-refractivity contribution in [2.24, 2.45) is 0 Å². The van der Waals surface area contributed by atoms with Gasteiger partial charge in [-0.25, -0.2) is 0 Å². The summed E-state index contributed by atoms with van der Waals surface area (Å²) in [6.45, 7) is 1.90. The largest absolute Gasteiger partial charge is 0.394 e. The van der Waals surface area contributed by atoms with Crippen LogP contribution in [0.1, 0.15) is 108 Å². The predicted octanol–water partition coefficient (Wildman–Crippen LogP) is 5.04. The molecule has 0 radical (unpaired) electrons. The van der Waals surface area contributed by atoms with Gasteiger partial charge in [-0.15, -0.1) is 0 Å². The molecule has 0 bridgehead atoms. The summed E-state index contributed by atoms with van der Waals surface area (Å²) in [6.07, 6.45) is 14.9. The molecule has 0 heterocycles. The summed E-state index contributed by atoms with van der Waals surface area (Å²) in [5, 5.41) is 32.6. The SMILES string of the molecule is CCCCCCCCCCCCCCCC(O)C(CO)NC(=O)C(O)c1ccccc1. The third-order valence-corrected chi connectivity index (χ3v) is 5.96. The zero-order chi connectivity index (χ0) is 22.7. The molecule has 1 aromatic rings. The number of aliphatic hydroxyl groups is 3. The molecular weight excluding hydrogens is 390 g/mol. The minimum atomic E-state index is -1.31. The van der Waals surface area contributed by atoms with E-state index in [9.17, 15) is 20.1 Å². The van der Waals surface area contributed by atoms with E-state index in [-0.39, 0.29) is 6.61 Å². The van der Waals surface area contributed by atoms with Gasteiger partial charge in [-0.3, -0.25) is 4.79 Å². The molecule has 5 heteroatoms. The van der Waals surface area contributed by atoms with Crippen molar-refractivity contribution in [3.05, 3.63) is 35.9 Å². The van der Waals surface area contributed by atoms with Gasteiger partial charge in [0.15, 0.2) is 6.10 Å². The highest BCUT2D eigenvalue weighted by Gasteiger charge is 2.24. The van der Waals surface area contributed by atoms with E-state index in [4.69, 9.17) is 0 Å². The lowest BCUT2D eigenvalue weighted by Gasteiger charge is -2.23. The molecule has 31 heavy (non-hydrogen) atoms. The van der Waals surface area contributed by atoms with Crippen LogP contribution in [0.2, 0.25) is 0 Å². The molecule has 5 nitrogen and oxygen atoms in total. The van der Waals surface area contributed by atoms with Gasteiger partial charge in [0.1, 0.15) is 0 Å². The van der Waals surface area contributed by atoms with Crippen molar-refractivity contribution in [3.63, 3.8) is 0 Å². The number of hydrogen-bond donors (Lipinski definition) is 4. The van der Waals surface area contributed by atoms with Gasteiger partial charge in [-0.05, 0) is 12.0 Å². The van der Waals surface area contributed by atoms with E-state index in [0.29, 0.717) is 12.0 Å². The van der Waals surface area contributed by atoms with Gasteiger partial charge in [-0.2, -0.15) is 0 Å². The van der Waals surface area contributed by atoms with Gasteiger partial charge in [0, 0.05) is 0 Å². The van der Waals surface area contributed by atoms with E-state index in [1.54, 1.807) is 24.3 Å². The lowest BCUT2D eigenvalue weighted by Crippen LogP contribution is -2.47. The van der Waals surface area contributed by atoms with E-state index < -0.39 is 24.2 Å². The molecule has 0 spiro atoms. The van der Waals surface area contributed by atoms with Crippen LogP contribution in [0.25, 0.3) is 0 Å². The summed E-state index contributed by atoms with van der Waals surface area (Å²) in [6, 6.07) is 7.88. The summed E-state index contributed by atoms with van der Waals surface area (Å²) in [5.74, 6) is -0.602. The maximum absolute atomic E-state index is 12.2. The van der Waals surface area contributed by atoms with Crippen molar-refractivity contribution in [3.8, 4) is 0 Å². The number of carbonyl (C=O) groups excluding carboxylic acids is 1. The Morgan fingerprint density at radius 1 is 0.806 bits per heavy atom. The van der Waals surface area contributed by atoms with E-state index >= 15 is 0 Å². The van der Waals surface area contributed by atoms with Crippen LogP contribution >= 0.6 is 0 Å². The first kappa shape index (κ1) is 27.6. The zero-order valence-electron chi connectivity index (χ0n) is 19.5. The molecule has 3 unspecified atom stereocenters. The Hall–Kier alpha value is -1.43. The van der Waals surface area contributed by atoms with Crippen LogP contribution in [0.3, 0.4) is 0 Å². The molecule has 1 aromatic carbocycles. The summed E-state index contributed by atoms with van der Waals surface area (Å²) in [5.41, 5.74) is 0.489. The molecule has 1 rings (SSSR count). The van der Waals surface area contributed by atoms with Gasteiger partial charge in [-0.1, -0.05) is 121 Å². The minimum Gasteiger partial charge on any atom is -0.394 e. The van der Waals surface area contributed by atoms with Crippen molar-refractivity contribution < 1.29 is 20.1 Å². The minimum absolute atomic E-state index is 0.354. The normalized spacial score (nSPS) is 14.2. The summed E-state index contributed by atoms with van der Waals surface area (Å²) in [4.78, 5) is 12.2. The number of carbonyl (C=O) groups is 1. The fraction of sp³-hybridized carbons (Fsp3) is 0.731. The highest BCUT2D eigenvalue weighted by atomic mass is 16.3. The van der Waals surface area contributed by atoms with E-state index in [1.165, 1.54) is 64.2 Å². The average molecular weight is 436 g/mol. The quantitative estimate of drug-likeness (QED) is 0.229. The van der Waals surface area contributed by atoms with E-state index in [2.05, 4.69) is 12.2 Å². The molecule has 0 aromatic heterocycles. The standard InChI is InChI=1S/C26H45NO4/c1-2-3-4-5-6-7-8-9-10-11-12-13-17-20-24(29)23(21-28)27-26(31)25(30)22-18-15-14-16-19-22/h14-16,18-19,23-25,28-30H,2-13,17,20-21H2,1H3,(H,27,31). The van der Waals surface area contributed by atoms with Crippen molar-refractivity contribution in [2.75, 3.05) is 6.61 Å². The molecule has 0 saturated carbocycles. The van der Waals surface area contributed by atoms with Crippen LogP contribution in [-0.4, -0.2) is 40.0 Å². The lowest BCUT2D eigenvalue weighted by atomic mass is 10.0. The lowest BCUT2D eigenvalue weighted by molar-refractivity contribution is -0.131. The molecule has 0 saturated heterocycles. The Morgan fingerprint density at radius 3 is 1.77 bits per heavy atom. The molecule has 3 atom stereocenters. The second kappa shape index (κ2) is 18.2. The zero-order valence-corrected chi connectivity index (χ0v) is 19.5. The predicted molar refractivity (Wildman–Crippen MR) is 127 cm³/mol. The fourth-order valence-electron chi connectivity index (χ4n) is 3.88. The number of amides is 1. The number of hydrogen-bond acceptors (Lipinski definition) is 4. The van der Waals surface area contributed by atoms with Crippen LogP contribution in [0.4, 0.5) is 0 Å². The number of nitrogens with one attached hydrogen (secondary N) is 1. The second-order valence-corrected chi connectivity index (χ2v) is 8.71. The topological polar surface area (TPSA) is 89.8 Å². The average Bonchev–Trinajstić information content (AvgIpc) is 2.80. The Morgan fingerprint density at radius 2 is 1.29 bits per heavy atom. The Labute approximate surface area is 189 Å². The smallest absolute Gasteiger partial charge is 0.253 e. The van der Waals surface area contributed by atoms with Gasteiger partial charge in [0.2, 0.25) is 0 Å². The third-order valence-electron chi connectivity index (χ3n) is 5.96. The highest BCUT2D eigenvalue weighted by Crippen LogP contribution is 2.15. The molecular formula is C26H45NO4. The molecule has 4 N–H and O–H groups in total. The van der Waals surface area contributed by atoms with Gasteiger partial charge >= 0.3 is 0 Å². The monoisotopic (exact) mass is 435 g/mol. The number of aliphatic hydroxyl groups excluding tert-OH is 3. The summed E-state index contributed by atoms with van der Waals surface area (Å²) >= 11 is 0. The summed E-state index contributed by atoms with van der Waals surface area (Å²) < 4.78 is 0. The first-order valence-corrected chi connectivity index (χ1v) is 12.4. The van der Waals surface area contributed by atoms with Crippen LogP contribution < -0.4 is 5.32 Å². The third kappa shape index (κ3) is 12.9. The van der Waals surface area contributed by atoms with Crippen molar-refractivity contribution >= 4 is 5.91 Å². The number of rotatable bonds is 19. The number of benzene rings is 1. The van der Waals surface area contributed by atoms with Crippen LogP contribution in [0.5, 0.6) is 0 Å². The van der Waals surface area contributed by atoms with Gasteiger partial charge in [0.25, 0.3) is 5.91 Å². The first-order chi connectivity index (χ1) is 15.1. The maximum atomic E-state index is 12.2. The highest BCUT2D eigenvalue weighted by molar-refractivity contribution is 5.82. The van der Waals surface area contributed by atoms with Gasteiger partial charge < -0.3 is 20.6 Å². The Bertz CT molecular complexity index is 552.